The summed E-state index contributed by atoms with van der Waals surface area (Å²) in [5.41, 5.74) is 0.375. The monoisotopic (exact) mass is 234 g/mol. The molecule has 1 aromatic rings. The second kappa shape index (κ2) is 5.87. The maximum absolute atomic E-state index is 9.85. The number of aliphatic hydroxyl groups is 1. The molecular weight excluding hydrogens is 212 g/mol. The lowest BCUT2D eigenvalue weighted by Crippen LogP contribution is -2.20. The summed E-state index contributed by atoms with van der Waals surface area (Å²) in [6.07, 6.45) is 3.25. The third-order valence-corrected chi connectivity index (χ3v) is 2.63. The third-order valence-electron chi connectivity index (χ3n) is 2.63. The van der Waals surface area contributed by atoms with Crippen molar-refractivity contribution in [3.63, 3.8) is 0 Å². The van der Waals surface area contributed by atoms with E-state index in [2.05, 4.69) is 6.58 Å². The van der Waals surface area contributed by atoms with Gasteiger partial charge in [0, 0.05) is 0 Å². The van der Waals surface area contributed by atoms with Crippen molar-refractivity contribution in [2.45, 2.75) is 45.3 Å². The summed E-state index contributed by atoms with van der Waals surface area (Å²) in [7, 11) is 0. The highest BCUT2D eigenvalue weighted by Gasteiger charge is 2.14. The molecule has 0 saturated heterocycles. The van der Waals surface area contributed by atoms with Crippen LogP contribution in [-0.4, -0.2) is 16.8 Å². The highest BCUT2D eigenvalue weighted by atomic mass is 16.5. The lowest BCUT2D eigenvalue weighted by molar-refractivity contribution is 0.102. The topological polar surface area (TPSA) is 29.5 Å². The number of benzene rings is 1. The van der Waals surface area contributed by atoms with Crippen molar-refractivity contribution in [2.75, 3.05) is 0 Å². The molecule has 0 heterocycles. The van der Waals surface area contributed by atoms with Crippen LogP contribution in [0.25, 0.3) is 0 Å². The van der Waals surface area contributed by atoms with Crippen molar-refractivity contribution < 1.29 is 9.84 Å². The predicted molar refractivity (Wildman–Crippen MR) is 71.3 cm³/mol. The second-order valence-electron chi connectivity index (χ2n) is 4.88. The van der Waals surface area contributed by atoms with E-state index in [1.807, 2.05) is 38.1 Å². The molecule has 1 atom stereocenters. The predicted octanol–water partition coefficient (Wildman–Crippen LogP) is 3.34. The van der Waals surface area contributed by atoms with Crippen LogP contribution in [0.4, 0.5) is 0 Å². The smallest absolute Gasteiger partial charge is 0.119 e. The van der Waals surface area contributed by atoms with E-state index in [0.717, 1.165) is 12.2 Å². The Morgan fingerprint density at radius 3 is 2.76 bits per heavy atom. The summed E-state index contributed by atoms with van der Waals surface area (Å²) >= 11 is 0. The molecule has 0 aliphatic heterocycles. The molecule has 94 valence electrons. The van der Waals surface area contributed by atoms with Crippen LogP contribution in [0.15, 0.2) is 36.9 Å². The summed E-state index contributed by atoms with van der Waals surface area (Å²) in [6, 6.07) is 8.01. The fourth-order valence-electron chi connectivity index (χ4n) is 1.55. The minimum atomic E-state index is -0.797. The van der Waals surface area contributed by atoms with E-state index < -0.39 is 5.60 Å². The quantitative estimate of drug-likeness (QED) is 0.765. The average molecular weight is 234 g/mol. The van der Waals surface area contributed by atoms with Gasteiger partial charge in [-0.1, -0.05) is 18.2 Å². The van der Waals surface area contributed by atoms with Crippen LogP contribution in [0.1, 0.15) is 32.8 Å². The molecule has 0 amide bonds. The Morgan fingerprint density at radius 2 is 2.18 bits per heavy atom. The highest BCUT2D eigenvalue weighted by molar-refractivity contribution is 5.29. The Labute approximate surface area is 104 Å². The number of hydrogen-bond acceptors (Lipinski definition) is 2. The van der Waals surface area contributed by atoms with Gasteiger partial charge in [-0.15, -0.1) is 6.58 Å². The lowest BCUT2D eigenvalue weighted by atomic mass is 9.97. The number of hydrogen-bond donors (Lipinski definition) is 1. The maximum Gasteiger partial charge on any atom is 0.119 e. The average Bonchev–Trinajstić information content (AvgIpc) is 2.26. The van der Waals surface area contributed by atoms with Crippen LogP contribution >= 0.6 is 0 Å². The molecule has 0 aromatic heterocycles. The van der Waals surface area contributed by atoms with Gasteiger partial charge >= 0.3 is 0 Å². The molecule has 2 heteroatoms. The first-order valence-corrected chi connectivity index (χ1v) is 6.04. The van der Waals surface area contributed by atoms with Crippen molar-refractivity contribution in [3.8, 4) is 5.75 Å². The molecule has 1 aromatic carbocycles. The molecule has 17 heavy (non-hydrogen) atoms. The van der Waals surface area contributed by atoms with Crippen molar-refractivity contribution in [3.05, 3.63) is 42.5 Å². The van der Waals surface area contributed by atoms with Gasteiger partial charge in [0.25, 0.3) is 0 Å². The first kappa shape index (κ1) is 13.8. The van der Waals surface area contributed by atoms with E-state index in [1.54, 1.807) is 13.0 Å². The van der Waals surface area contributed by atoms with E-state index in [9.17, 15) is 5.11 Å². The van der Waals surface area contributed by atoms with E-state index in [4.69, 9.17) is 4.74 Å². The third kappa shape index (κ3) is 5.05. The Bertz CT molecular complexity index is 367. The van der Waals surface area contributed by atoms with E-state index in [0.29, 0.717) is 6.42 Å². The van der Waals surface area contributed by atoms with Crippen molar-refractivity contribution in [1.82, 2.24) is 0 Å². The van der Waals surface area contributed by atoms with Crippen molar-refractivity contribution >= 4 is 0 Å². The van der Waals surface area contributed by atoms with Crippen LogP contribution in [0.3, 0.4) is 0 Å². The minimum Gasteiger partial charge on any atom is -0.491 e. The van der Waals surface area contributed by atoms with E-state index in [1.165, 1.54) is 5.56 Å². The molecule has 0 aliphatic rings. The minimum absolute atomic E-state index is 0.182. The fourth-order valence-corrected chi connectivity index (χ4v) is 1.55. The Hall–Kier alpha value is -1.28. The van der Waals surface area contributed by atoms with E-state index >= 15 is 0 Å². The maximum atomic E-state index is 9.85. The molecule has 1 N–H and O–H groups in total. The van der Waals surface area contributed by atoms with Gasteiger partial charge in [0.15, 0.2) is 0 Å². The summed E-state index contributed by atoms with van der Waals surface area (Å²) in [5.74, 6) is 0.885. The number of aryl methyl sites for hydroxylation is 1. The van der Waals surface area contributed by atoms with Gasteiger partial charge in [0.05, 0.1) is 11.7 Å². The van der Waals surface area contributed by atoms with Crippen LogP contribution in [0.5, 0.6) is 5.75 Å². The standard InChI is InChI=1S/C15H22O2/c1-5-15(4,16)10-9-13-7-6-8-14(11-13)17-12(2)3/h5-8,11-12,16H,1,9-10H2,2-4H3. The summed E-state index contributed by atoms with van der Waals surface area (Å²) in [6.45, 7) is 9.42. The largest absolute Gasteiger partial charge is 0.491 e. The zero-order chi connectivity index (χ0) is 12.9. The first-order valence-electron chi connectivity index (χ1n) is 6.04. The molecule has 0 bridgehead atoms. The number of ether oxygens (including phenoxy) is 1. The lowest BCUT2D eigenvalue weighted by Gasteiger charge is -2.18. The molecular formula is C15H22O2. The molecule has 1 rings (SSSR count). The van der Waals surface area contributed by atoms with Gasteiger partial charge < -0.3 is 9.84 Å². The normalized spacial score (nSPS) is 14.4. The van der Waals surface area contributed by atoms with Gasteiger partial charge in [-0.3, -0.25) is 0 Å². The first-order chi connectivity index (χ1) is 7.93. The molecule has 1 unspecified atom stereocenters. The summed E-state index contributed by atoms with van der Waals surface area (Å²) in [4.78, 5) is 0. The molecule has 0 spiro atoms. The molecule has 0 radical (unpaired) electrons. The summed E-state index contributed by atoms with van der Waals surface area (Å²) < 4.78 is 5.63. The van der Waals surface area contributed by atoms with Gasteiger partial charge in [0.2, 0.25) is 0 Å². The Morgan fingerprint density at radius 1 is 1.47 bits per heavy atom. The zero-order valence-corrected chi connectivity index (χ0v) is 10.9. The SMILES string of the molecule is C=CC(C)(O)CCc1cccc(OC(C)C)c1. The number of rotatable bonds is 6. The Balaban J connectivity index is 2.63. The highest BCUT2D eigenvalue weighted by Crippen LogP contribution is 2.19. The van der Waals surface area contributed by atoms with E-state index in [-0.39, 0.29) is 6.10 Å². The zero-order valence-electron chi connectivity index (χ0n) is 10.9. The summed E-state index contributed by atoms with van der Waals surface area (Å²) in [5, 5.41) is 9.85. The van der Waals surface area contributed by atoms with Crippen LogP contribution in [-0.2, 0) is 6.42 Å². The Kier molecular flexibility index (Phi) is 4.76. The van der Waals surface area contributed by atoms with Crippen molar-refractivity contribution in [1.29, 1.82) is 0 Å². The van der Waals surface area contributed by atoms with Crippen molar-refractivity contribution in [2.24, 2.45) is 0 Å². The fraction of sp³-hybridized carbons (Fsp3) is 0.467. The molecule has 2 nitrogen and oxygen atoms in total. The molecule has 0 fully saturated rings. The molecule has 0 saturated carbocycles. The van der Waals surface area contributed by atoms with Crippen LogP contribution in [0.2, 0.25) is 0 Å². The van der Waals surface area contributed by atoms with Crippen LogP contribution in [0, 0.1) is 0 Å². The van der Waals surface area contributed by atoms with Crippen LogP contribution < -0.4 is 4.74 Å². The second-order valence-corrected chi connectivity index (χ2v) is 4.88. The van der Waals surface area contributed by atoms with Gasteiger partial charge in [-0.25, -0.2) is 0 Å². The van der Waals surface area contributed by atoms with Gasteiger partial charge in [0.1, 0.15) is 5.75 Å². The molecule has 0 aliphatic carbocycles. The van der Waals surface area contributed by atoms with Gasteiger partial charge in [-0.2, -0.15) is 0 Å². The van der Waals surface area contributed by atoms with Gasteiger partial charge in [-0.05, 0) is 51.3 Å².